The highest BCUT2D eigenvalue weighted by atomic mass is 35.7. The van der Waals surface area contributed by atoms with Crippen molar-refractivity contribution in [1.82, 2.24) is 0 Å². The van der Waals surface area contributed by atoms with Crippen molar-refractivity contribution in [3.05, 3.63) is 16.5 Å². The largest absolute Gasteiger partial charge is 0.465 e. The van der Waals surface area contributed by atoms with E-state index in [-0.39, 0.29) is 30.5 Å². The van der Waals surface area contributed by atoms with Gasteiger partial charge in [-0.1, -0.05) is 0 Å². The van der Waals surface area contributed by atoms with E-state index < -0.39 is 15.0 Å². The van der Waals surface area contributed by atoms with Crippen LogP contribution in [0.5, 0.6) is 0 Å². The number of hydrogen-bond acceptors (Lipinski definition) is 6. The predicted molar refractivity (Wildman–Crippen MR) is 80.5 cm³/mol. The Labute approximate surface area is 131 Å². The first kappa shape index (κ1) is 16.3. The summed E-state index contributed by atoms with van der Waals surface area (Å²) in [5, 5.41) is 2.26. The van der Waals surface area contributed by atoms with Gasteiger partial charge in [0.1, 0.15) is 5.00 Å². The Hall–Kier alpha value is -1.12. The zero-order valence-corrected chi connectivity index (χ0v) is 13.8. The second-order valence-corrected chi connectivity index (χ2v) is 8.55. The molecule has 1 unspecified atom stereocenters. The molecule has 116 valence electrons. The van der Waals surface area contributed by atoms with E-state index in [0.717, 1.165) is 5.56 Å². The van der Waals surface area contributed by atoms with Crippen LogP contribution in [0.3, 0.4) is 0 Å². The lowest BCUT2D eigenvalue weighted by molar-refractivity contribution is -0.117. The highest BCUT2D eigenvalue weighted by molar-refractivity contribution is 8.13. The summed E-state index contributed by atoms with van der Waals surface area (Å²) < 4.78 is 27.0. The lowest BCUT2D eigenvalue weighted by Crippen LogP contribution is -2.26. The van der Waals surface area contributed by atoms with E-state index in [4.69, 9.17) is 15.4 Å². The van der Waals surface area contributed by atoms with Crippen molar-refractivity contribution in [2.24, 2.45) is 5.92 Å². The molecule has 0 aliphatic carbocycles. The number of ether oxygens (including phenoxy) is 1. The second-order valence-electron chi connectivity index (χ2n) is 4.87. The number of thiophene rings is 1. The van der Waals surface area contributed by atoms with E-state index in [1.807, 2.05) is 0 Å². The molecule has 2 rings (SSSR count). The summed E-state index contributed by atoms with van der Waals surface area (Å²) in [5.74, 6) is -1.35. The normalized spacial score (nSPS) is 19.1. The van der Waals surface area contributed by atoms with Gasteiger partial charge in [-0.3, -0.25) is 4.79 Å². The lowest BCUT2D eigenvalue weighted by Gasteiger charge is -2.16. The fourth-order valence-corrected chi connectivity index (χ4v) is 4.74. The number of halogens is 1. The van der Waals surface area contributed by atoms with E-state index >= 15 is 0 Å². The minimum absolute atomic E-state index is 0.101. The van der Waals surface area contributed by atoms with E-state index in [0.29, 0.717) is 10.6 Å². The van der Waals surface area contributed by atoms with Crippen molar-refractivity contribution < 1.29 is 22.7 Å². The first-order valence-corrected chi connectivity index (χ1v) is 9.48. The Morgan fingerprint density at radius 1 is 1.57 bits per heavy atom. The maximum atomic E-state index is 12.1. The van der Waals surface area contributed by atoms with Crippen LogP contribution in [0.25, 0.3) is 0 Å². The highest BCUT2D eigenvalue weighted by Crippen LogP contribution is 2.36. The molecular weight excluding hydrogens is 338 g/mol. The Morgan fingerprint density at radius 2 is 2.24 bits per heavy atom. The second kappa shape index (κ2) is 5.94. The Bertz CT molecular complexity index is 682. The molecule has 1 amide bonds. The van der Waals surface area contributed by atoms with Gasteiger partial charge in [-0.25, -0.2) is 13.2 Å². The molecule has 1 aliphatic rings. The number of esters is 1. The average Bonchev–Trinajstić information content (AvgIpc) is 2.89. The number of nitrogens with zero attached hydrogens (tertiary/aromatic N) is 1. The van der Waals surface area contributed by atoms with Gasteiger partial charge in [0, 0.05) is 29.6 Å². The van der Waals surface area contributed by atoms with Crippen molar-refractivity contribution in [3.63, 3.8) is 0 Å². The zero-order chi connectivity index (χ0) is 15.8. The third kappa shape index (κ3) is 3.56. The first-order valence-electron chi connectivity index (χ1n) is 6.12. The van der Waals surface area contributed by atoms with Crippen molar-refractivity contribution in [1.29, 1.82) is 0 Å². The van der Waals surface area contributed by atoms with Crippen molar-refractivity contribution in [3.8, 4) is 0 Å². The van der Waals surface area contributed by atoms with Gasteiger partial charge in [0.2, 0.25) is 15.0 Å². The van der Waals surface area contributed by atoms with Crippen LogP contribution in [0.1, 0.15) is 22.3 Å². The van der Waals surface area contributed by atoms with Crippen molar-refractivity contribution in [2.75, 3.05) is 24.3 Å². The SMILES string of the molecule is COC(=O)c1c(C)csc1N1CC(CS(=O)(=O)Cl)CC1=O. The third-order valence-corrected chi connectivity index (χ3v) is 5.60. The minimum atomic E-state index is -3.66. The van der Waals surface area contributed by atoms with Crippen LogP contribution in [0.4, 0.5) is 5.00 Å². The number of carbonyl (C=O) groups is 2. The number of rotatable bonds is 4. The molecule has 0 N–H and O–H groups in total. The summed E-state index contributed by atoms with van der Waals surface area (Å²) >= 11 is 1.26. The van der Waals surface area contributed by atoms with Crippen LogP contribution >= 0.6 is 22.0 Å². The molecule has 1 aromatic heterocycles. The Balaban J connectivity index is 2.28. The molecule has 9 heteroatoms. The van der Waals surface area contributed by atoms with E-state index in [2.05, 4.69) is 0 Å². The number of anilines is 1. The molecule has 1 saturated heterocycles. The van der Waals surface area contributed by atoms with E-state index in [1.165, 1.54) is 23.3 Å². The number of methoxy groups -OCH3 is 1. The van der Waals surface area contributed by atoms with Crippen LogP contribution in [0.2, 0.25) is 0 Å². The highest BCUT2D eigenvalue weighted by Gasteiger charge is 2.36. The third-order valence-electron chi connectivity index (χ3n) is 3.23. The molecule has 0 spiro atoms. The molecule has 1 fully saturated rings. The number of hydrogen-bond donors (Lipinski definition) is 0. The maximum absolute atomic E-state index is 12.1. The summed E-state index contributed by atoms with van der Waals surface area (Å²) in [6, 6.07) is 0. The first-order chi connectivity index (χ1) is 9.73. The molecule has 1 atom stereocenters. The number of amides is 1. The number of carbonyl (C=O) groups excluding carboxylic acids is 2. The molecule has 21 heavy (non-hydrogen) atoms. The van der Waals surface area contributed by atoms with Gasteiger partial charge in [0.05, 0.1) is 18.4 Å². The van der Waals surface area contributed by atoms with Gasteiger partial charge < -0.3 is 9.64 Å². The molecule has 0 bridgehead atoms. The molecule has 1 aromatic rings. The van der Waals surface area contributed by atoms with Gasteiger partial charge in [0.15, 0.2) is 0 Å². The van der Waals surface area contributed by atoms with Crippen LogP contribution < -0.4 is 4.90 Å². The molecular formula is C12H14ClNO5S2. The molecule has 0 aromatic carbocycles. The van der Waals surface area contributed by atoms with Crippen LogP contribution in [-0.2, 0) is 18.6 Å². The lowest BCUT2D eigenvalue weighted by atomic mass is 10.1. The quantitative estimate of drug-likeness (QED) is 0.610. The van der Waals surface area contributed by atoms with Gasteiger partial charge >= 0.3 is 5.97 Å². The Kier molecular flexibility index (Phi) is 4.60. The van der Waals surface area contributed by atoms with Gasteiger partial charge in [-0.05, 0) is 17.9 Å². The summed E-state index contributed by atoms with van der Waals surface area (Å²) in [5.41, 5.74) is 1.08. The Morgan fingerprint density at radius 3 is 2.81 bits per heavy atom. The standard InChI is InChI=1S/C12H14ClNO5S2/c1-7-5-20-11(10(7)12(16)19-2)14-4-8(3-9(14)15)6-21(13,17)18/h5,8H,3-4,6H2,1-2H3. The van der Waals surface area contributed by atoms with Crippen molar-refractivity contribution >= 4 is 47.9 Å². The predicted octanol–water partition coefficient (Wildman–Crippen LogP) is 1.76. The van der Waals surface area contributed by atoms with Gasteiger partial charge in [0.25, 0.3) is 0 Å². The smallest absolute Gasteiger partial charge is 0.341 e. The zero-order valence-electron chi connectivity index (χ0n) is 11.5. The van der Waals surface area contributed by atoms with Crippen LogP contribution in [0.15, 0.2) is 5.38 Å². The summed E-state index contributed by atoms with van der Waals surface area (Å²) in [7, 11) is 2.85. The van der Waals surface area contributed by atoms with Crippen molar-refractivity contribution in [2.45, 2.75) is 13.3 Å². The topological polar surface area (TPSA) is 80.8 Å². The molecule has 6 nitrogen and oxygen atoms in total. The summed E-state index contributed by atoms with van der Waals surface area (Å²) in [6.07, 6.45) is 0.101. The van der Waals surface area contributed by atoms with Gasteiger partial charge in [-0.15, -0.1) is 11.3 Å². The minimum Gasteiger partial charge on any atom is -0.465 e. The molecule has 2 heterocycles. The fourth-order valence-electron chi connectivity index (χ4n) is 2.35. The van der Waals surface area contributed by atoms with E-state index in [9.17, 15) is 18.0 Å². The molecule has 0 saturated carbocycles. The molecule has 1 aliphatic heterocycles. The van der Waals surface area contributed by atoms with Crippen LogP contribution in [0, 0.1) is 12.8 Å². The summed E-state index contributed by atoms with van der Waals surface area (Å²) in [4.78, 5) is 25.3. The van der Waals surface area contributed by atoms with Crippen LogP contribution in [-0.4, -0.2) is 39.7 Å². The maximum Gasteiger partial charge on any atom is 0.341 e. The average molecular weight is 352 g/mol. The number of aryl methyl sites for hydroxylation is 1. The summed E-state index contributed by atoms with van der Waals surface area (Å²) in [6.45, 7) is 1.99. The molecule has 0 radical (unpaired) electrons. The van der Waals surface area contributed by atoms with E-state index in [1.54, 1.807) is 12.3 Å². The fraction of sp³-hybridized carbons (Fsp3) is 0.500. The van der Waals surface area contributed by atoms with Gasteiger partial charge in [-0.2, -0.15) is 0 Å². The monoisotopic (exact) mass is 351 g/mol.